The van der Waals surface area contributed by atoms with Crippen molar-refractivity contribution < 1.29 is 8.42 Å². The first-order valence-electron chi connectivity index (χ1n) is 6.65. The summed E-state index contributed by atoms with van der Waals surface area (Å²) in [7, 11) is -3.43. The summed E-state index contributed by atoms with van der Waals surface area (Å²) < 4.78 is 26.8. The van der Waals surface area contributed by atoms with E-state index in [2.05, 4.69) is 19.9 Å². The Balaban J connectivity index is 1.60. The summed E-state index contributed by atoms with van der Waals surface area (Å²) in [5.41, 5.74) is 0.921. The highest BCUT2D eigenvalue weighted by molar-refractivity contribution is 7.91. The van der Waals surface area contributed by atoms with Gasteiger partial charge >= 0.3 is 0 Å². The minimum absolute atomic E-state index is 0.268. The number of aromatic nitrogens is 3. The van der Waals surface area contributed by atoms with Crippen LogP contribution >= 0.6 is 11.3 Å². The predicted octanol–water partition coefficient (Wildman–Crippen LogP) is 2.05. The lowest BCUT2D eigenvalue weighted by molar-refractivity contribution is 0.583. The molecule has 0 aliphatic carbocycles. The number of H-pyrrole nitrogens is 1. The molecule has 1 aromatic carbocycles. The van der Waals surface area contributed by atoms with E-state index < -0.39 is 10.0 Å². The van der Waals surface area contributed by atoms with Gasteiger partial charge in [-0.1, -0.05) is 36.4 Å². The fraction of sp³-hybridized carbons (Fsp3) is 0.143. The molecule has 0 spiro atoms. The lowest BCUT2D eigenvalue weighted by atomic mass is 10.2. The maximum atomic E-state index is 12.0. The van der Waals surface area contributed by atoms with Gasteiger partial charge in [-0.2, -0.15) is 5.10 Å². The lowest BCUT2D eigenvalue weighted by Gasteiger charge is -2.02. The normalized spacial score (nSPS) is 11.6. The number of thiophene rings is 1. The molecule has 2 N–H and O–H groups in total. The van der Waals surface area contributed by atoms with E-state index in [1.54, 1.807) is 17.5 Å². The molecule has 0 unspecified atom stereocenters. The maximum Gasteiger partial charge on any atom is 0.250 e. The van der Waals surface area contributed by atoms with Gasteiger partial charge in [0.1, 0.15) is 10.0 Å². The largest absolute Gasteiger partial charge is 0.263 e. The van der Waals surface area contributed by atoms with Gasteiger partial charge < -0.3 is 0 Å². The van der Waals surface area contributed by atoms with E-state index in [0.29, 0.717) is 22.3 Å². The Morgan fingerprint density at radius 3 is 2.68 bits per heavy atom. The molecule has 0 fully saturated rings. The highest BCUT2D eigenvalue weighted by Crippen LogP contribution is 2.15. The Kier molecular flexibility index (Phi) is 4.32. The van der Waals surface area contributed by atoms with Crippen molar-refractivity contribution in [1.29, 1.82) is 0 Å². The maximum absolute atomic E-state index is 12.0. The third kappa shape index (κ3) is 3.41. The summed E-state index contributed by atoms with van der Waals surface area (Å²) in [6, 6.07) is 12.9. The molecule has 3 rings (SSSR count). The number of hydrogen-bond donors (Lipinski definition) is 2. The minimum atomic E-state index is -3.43. The molecule has 0 saturated carbocycles. The number of sulfonamides is 1. The van der Waals surface area contributed by atoms with Crippen LogP contribution in [-0.4, -0.2) is 30.1 Å². The first-order valence-corrected chi connectivity index (χ1v) is 9.01. The van der Waals surface area contributed by atoms with Crippen LogP contribution in [0.5, 0.6) is 0 Å². The second-order valence-corrected chi connectivity index (χ2v) is 7.49. The standard InChI is InChI=1S/C14H14N4O2S2/c19-22(20,13-7-4-10-21-13)15-9-8-12-16-14(18-17-12)11-5-2-1-3-6-11/h1-7,10,15H,8-9H2,(H,16,17,18). The van der Waals surface area contributed by atoms with Crippen molar-refractivity contribution in [3.8, 4) is 11.4 Å². The van der Waals surface area contributed by atoms with Gasteiger partial charge in [-0.3, -0.25) is 5.10 Å². The van der Waals surface area contributed by atoms with E-state index in [-0.39, 0.29) is 6.54 Å². The van der Waals surface area contributed by atoms with Gasteiger partial charge in [0.2, 0.25) is 10.0 Å². The number of benzene rings is 1. The van der Waals surface area contributed by atoms with Gasteiger partial charge in [0, 0.05) is 18.5 Å². The van der Waals surface area contributed by atoms with E-state index >= 15 is 0 Å². The molecule has 3 aromatic rings. The molecule has 0 aliphatic heterocycles. The zero-order chi connectivity index (χ0) is 15.4. The van der Waals surface area contributed by atoms with Crippen LogP contribution in [0.2, 0.25) is 0 Å². The van der Waals surface area contributed by atoms with Crippen LogP contribution in [0.3, 0.4) is 0 Å². The Morgan fingerprint density at radius 1 is 1.14 bits per heavy atom. The van der Waals surface area contributed by atoms with Gasteiger partial charge in [0.25, 0.3) is 0 Å². The molecule has 8 heteroatoms. The van der Waals surface area contributed by atoms with E-state index in [9.17, 15) is 8.42 Å². The van der Waals surface area contributed by atoms with Gasteiger partial charge in [-0.05, 0) is 11.4 Å². The second kappa shape index (κ2) is 6.39. The van der Waals surface area contributed by atoms with Crippen LogP contribution in [0.15, 0.2) is 52.1 Å². The minimum Gasteiger partial charge on any atom is -0.263 e. The molecule has 114 valence electrons. The van der Waals surface area contributed by atoms with Gasteiger partial charge in [-0.25, -0.2) is 18.1 Å². The average molecular weight is 334 g/mol. The van der Waals surface area contributed by atoms with Gasteiger partial charge in [0.05, 0.1) is 0 Å². The zero-order valence-electron chi connectivity index (χ0n) is 11.6. The van der Waals surface area contributed by atoms with Crippen molar-refractivity contribution >= 4 is 21.4 Å². The number of aromatic amines is 1. The highest BCUT2D eigenvalue weighted by Gasteiger charge is 2.14. The van der Waals surface area contributed by atoms with Crippen LogP contribution in [0.4, 0.5) is 0 Å². The monoisotopic (exact) mass is 334 g/mol. The molecule has 0 radical (unpaired) electrons. The van der Waals surface area contributed by atoms with Crippen LogP contribution in [-0.2, 0) is 16.4 Å². The van der Waals surface area contributed by atoms with E-state index in [4.69, 9.17) is 0 Å². The molecule has 2 heterocycles. The van der Waals surface area contributed by atoms with E-state index in [1.165, 1.54) is 11.3 Å². The molecule has 0 saturated heterocycles. The lowest BCUT2D eigenvalue weighted by Crippen LogP contribution is -2.25. The van der Waals surface area contributed by atoms with Crippen LogP contribution in [0.25, 0.3) is 11.4 Å². The van der Waals surface area contributed by atoms with E-state index in [0.717, 1.165) is 5.56 Å². The quantitative estimate of drug-likeness (QED) is 0.722. The summed E-state index contributed by atoms with van der Waals surface area (Å²) in [5, 5.41) is 8.71. The zero-order valence-corrected chi connectivity index (χ0v) is 13.2. The van der Waals surface area contributed by atoms with Crippen LogP contribution in [0.1, 0.15) is 5.82 Å². The number of nitrogens with one attached hydrogen (secondary N) is 2. The first kappa shape index (κ1) is 14.9. The fourth-order valence-electron chi connectivity index (χ4n) is 1.91. The average Bonchev–Trinajstić information content (AvgIpc) is 3.20. The smallest absolute Gasteiger partial charge is 0.250 e. The first-order chi connectivity index (χ1) is 10.6. The topological polar surface area (TPSA) is 87.7 Å². The molecular formula is C14H14N4O2S2. The predicted molar refractivity (Wildman–Crippen MR) is 85.0 cm³/mol. The molecular weight excluding hydrogens is 320 g/mol. The molecule has 0 bridgehead atoms. The Bertz CT molecular complexity index is 827. The van der Waals surface area contributed by atoms with Crippen molar-refractivity contribution in [2.75, 3.05) is 6.54 Å². The van der Waals surface area contributed by atoms with Crippen LogP contribution in [0, 0.1) is 0 Å². The Hall–Kier alpha value is -2.03. The number of rotatable bonds is 6. The van der Waals surface area contributed by atoms with Crippen molar-refractivity contribution in [2.24, 2.45) is 0 Å². The van der Waals surface area contributed by atoms with E-state index in [1.807, 2.05) is 30.3 Å². The van der Waals surface area contributed by atoms with Crippen molar-refractivity contribution in [2.45, 2.75) is 10.6 Å². The Morgan fingerprint density at radius 2 is 1.95 bits per heavy atom. The molecule has 22 heavy (non-hydrogen) atoms. The summed E-state index contributed by atoms with van der Waals surface area (Å²) in [4.78, 5) is 4.36. The molecule has 0 amide bonds. The number of hydrogen-bond acceptors (Lipinski definition) is 5. The fourth-order valence-corrected chi connectivity index (χ4v) is 3.98. The second-order valence-electron chi connectivity index (χ2n) is 4.55. The molecule has 0 atom stereocenters. The summed E-state index contributed by atoms with van der Waals surface area (Å²) in [6.07, 6.45) is 0.449. The SMILES string of the molecule is O=S(=O)(NCCc1nc(-c2ccccc2)n[nH]1)c1cccs1. The number of nitrogens with zero attached hydrogens (tertiary/aromatic N) is 2. The molecule has 6 nitrogen and oxygen atoms in total. The third-order valence-corrected chi connectivity index (χ3v) is 5.84. The molecule has 2 aromatic heterocycles. The van der Waals surface area contributed by atoms with Crippen molar-refractivity contribution in [3.63, 3.8) is 0 Å². The molecule has 0 aliphatic rings. The van der Waals surface area contributed by atoms with Gasteiger partial charge in [0.15, 0.2) is 5.82 Å². The summed E-state index contributed by atoms with van der Waals surface area (Å²) >= 11 is 1.19. The van der Waals surface area contributed by atoms with Crippen molar-refractivity contribution in [1.82, 2.24) is 19.9 Å². The summed E-state index contributed by atoms with van der Waals surface area (Å²) in [5.74, 6) is 1.25. The highest BCUT2D eigenvalue weighted by atomic mass is 32.2. The van der Waals surface area contributed by atoms with Gasteiger partial charge in [-0.15, -0.1) is 11.3 Å². The summed E-state index contributed by atoms with van der Waals surface area (Å²) in [6.45, 7) is 0.268. The van der Waals surface area contributed by atoms with Crippen molar-refractivity contribution in [3.05, 3.63) is 53.7 Å². The van der Waals surface area contributed by atoms with Crippen LogP contribution < -0.4 is 4.72 Å². The Labute approximate surface area is 132 Å². The third-order valence-electron chi connectivity index (χ3n) is 2.98.